The smallest absolute Gasteiger partial charge is 0.338 e. The van der Waals surface area contributed by atoms with E-state index < -0.39 is 0 Å². The van der Waals surface area contributed by atoms with Gasteiger partial charge < -0.3 is 15.4 Å². The van der Waals surface area contributed by atoms with Crippen molar-refractivity contribution in [3.8, 4) is 0 Å². The first-order chi connectivity index (χ1) is 9.92. The van der Waals surface area contributed by atoms with Crippen LogP contribution in [0.5, 0.6) is 0 Å². The monoisotopic (exact) mass is 432 g/mol. The average Bonchev–Trinajstić information content (AvgIpc) is 2.36. The number of thiocarbonyl (C=S) groups is 1. The SMILES string of the molecule is CCOC(=O)C1=C(C)NC(=S)N[C@H]1c1cc(Br)cc(Br)c1. The van der Waals surface area contributed by atoms with Crippen LogP contribution in [0.25, 0.3) is 0 Å². The lowest BCUT2D eigenvalue weighted by Crippen LogP contribution is -2.45. The summed E-state index contributed by atoms with van der Waals surface area (Å²) in [4.78, 5) is 12.2. The minimum atomic E-state index is -0.349. The summed E-state index contributed by atoms with van der Waals surface area (Å²) in [7, 11) is 0. The Morgan fingerprint density at radius 3 is 2.52 bits per heavy atom. The van der Waals surface area contributed by atoms with Crippen molar-refractivity contribution in [3.05, 3.63) is 44.0 Å². The van der Waals surface area contributed by atoms with E-state index in [1.807, 2.05) is 25.1 Å². The van der Waals surface area contributed by atoms with Gasteiger partial charge in [0.1, 0.15) is 0 Å². The molecule has 1 aromatic carbocycles. The summed E-state index contributed by atoms with van der Waals surface area (Å²) in [6.45, 7) is 3.93. The molecule has 0 radical (unpaired) electrons. The van der Waals surface area contributed by atoms with E-state index in [1.54, 1.807) is 6.92 Å². The molecule has 2 N–H and O–H groups in total. The van der Waals surface area contributed by atoms with Gasteiger partial charge in [-0.3, -0.25) is 0 Å². The summed E-state index contributed by atoms with van der Waals surface area (Å²) >= 11 is 12.1. The summed E-state index contributed by atoms with van der Waals surface area (Å²) < 4.78 is 6.99. The highest BCUT2D eigenvalue weighted by molar-refractivity contribution is 9.11. The molecule has 0 aromatic heterocycles. The summed E-state index contributed by atoms with van der Waals surface area (Å²) in [5, 5.41) is 6.59. The zero-order valence-electron chi connectivity index (χ0n) is 11.5. The van der Waals surface area contributed by atoms with E-state index in [-0.39, 0.29) is 12.0 Å². The number of hydrogen-bond donors (Lipinski definition) is 2. The standard InChI is InChI=1S/C14H14Br2N2O2S/c1-3-20-13(19)11-7(2)17-14(21)18-12(11)8-4-9(15)6-10(16)5-8/h4-6,12H,3H2,1-2H3,(H2,17,18,21)/t12-/m0/s1. The normalized spacial score (nSPS) is 18.1. The quantitative estimate of drug-likeness (QED) is 0.563. The third-order valence-electron chi connectivity index (χ3n) is 2.98. The zero-order valence-corrected chi connectivity index (χ0v) is 15.5. The largest absolute Gasteiger partial charge is 0.463 e. The lowest BCUT2D eigenvalue weighted by molar-refractivity contribution is -0.139. The maximum absolute atomic E-state index is 12.2. The van der Waals surface area contributed by atoms with Gasteiger partial charge in [0.05, 0.1) is 18.2 Å². The molecule has 2 rings (SSSR count). The second kappa shape index (κ2) is 6.89. The molecule has 0 spiro atoms. The molecule has 0 unspecified atom stereocenters. The Bertz CT molecular complexity index is 611. The van der Waals surface area contributed by atoms with E-state index in [9.17, 15) is 4.79 Å². The fraction of sp³-hybridized carbons (Fsp3) is 0.286. The van der Waals surface area contributed by atoms with Crippen LogP contribution in [0.1, 0.15) is 25.5 Å². The number of hydrogen-bond acceptors (Lipinski definition) is 3. The van der Waals surface area contributed by atoms with Gasteiger partial charge in [-0.25, -0.2) is 4.79 Å². The van der Waals surface area contributed by atoms with Gasteiger partial charge in [0.25, 0.3) is 0 Å². The maximum Gasteiger partial charge on any atom is 0.338 e. The lowest BCUT2D eigenvalue weighted by atomic mass is 9.96. The predicted octanol–water partition coefficient (Wildman–Crippen LogP) is 3.57. The van der Waals surface area contributed by atoms with Crippen molar-refractivity contribution in [1.29, 1.82) is 0 Å². The van der Waals surface area contributed by atoms with Crippen LogP contribution in [-0.2, 0) is 9.53 Å². The van der Waals surface area contributed by atoms with Crippen molar-refractivity contribution in [2.45, 2.75) is 19.9 Å². The van der Waals surface area contributed by atoms with E-state index in [0.717, 1.165) is 14.5 Å². The first-order valence-electron chi connectivity index (χ1n) is 6.33. The molecule has 112 valence electrons. The minimum Gasteiger partial charge on any atom is -0.463 e. The van der Waals surface area contributed by atoms with E-state index >= 15 is 0 Å². The third kappa shape index (κ3) is 3.84. The lowest BCUT2D eigenvalue weighted by Gasteiger charge is -2.30. The third-order valence-corrected chi connectivity index (χ3v) is 4.12. The average molecular weight is 434 g/mol. The summed E-state index contributed by atoms with van der Waals surface area (Å²) in [5.41, 5.74) is 2.16. The van der Waals surface area contributed by atoms with Gasteiger partial charge in [-0.1, -0.05) is 31.9 Å². The van der Waals surface area contributed by atoms with Crippen molar-refractivity contribution < 1.29 is 9.53 Å². The van der Waals surface area contributed by atoms with Crippen molar-refractivity contribution in [1.82, 2.24) is 10.6 Å². The molecule has 1 aliphatic heterocycles. The molecule has 7 heteroatoms. The Hall–Kier alpha value is -0.920. The van der Waals surface area contributed by atoms with Crippen molar-refractivity contribution in [2.24, 2.45) is 0 Å². The summed E-state index contributed by atoms with van der Waals surface area (Å²) in [6, 6.07) is 5.49. The molecule has 1 aliphatic rings. The Morgan fingerprint density at radius 2 is 1.95 bits per heavy atom. The topological polar surface area (TPSA) is 50.4 Å². The van der Waals surface area contributed by atoms with Gasteiger partial charge in [-0.2, -0.15) is 0 Å². The number of ether oxygens (including phenoxy) is 1. The molecule has 0 aliphatic carbocycles. The number of carbonyl (C=O) groups is 1. The molecule has 21 heavy (non-hydrogen) atoms. The zero-order chi connectivity index (χ0) is 15.6. The minimum absolute atomic E-state index is 0.328. The molecule has 1 heterocycles. The van der Waals surface area contributed by atoms with E-state index in [4.69, 9.17) is 17.0 Å². The maximum atomic E-state index is 12.2. The van der Waals surface area contributed by atoms with Gasteiger partial charge in [-0.05, 0) is 49.8 Å². The van der Waals surface area contributed by atoms with Crippen LogP contribution in [0.15, 0.2) is 38.4 Å². The predicted molar refractivity (Wildman–Crippen MR) is 92.8 cm³/mol. The Morgan fingerprint density at radius 1 is 1.33 bits per heavy atom. The molecule has 0 bridgehead atoms. The van der Waals surface area contributed by atoms with Crippen molar-refractivity contribution >= 4 is 55.2 Å². The number of nitrogens with one attached hydrogen (secondary N) is 2. The molecule has 0 amide bonds. The summed E-state index contributed by atoms with van der Waals surface area (Å²) in [6.07, 6.45) is 0. The van der Waals surface area contributed by atoms with E-state index in [2.05, 4.69) is 42.5 Å². The van der Waals surface area contributed by atoms with Crippen molar-refractivity contribution in [3.63, 3.8) is 0 Å². The number of carbonyl (C=O) groups excluding carboxylic acids is 1. The molecular formula is C14H14Br2N2O2S. The first-order valence-corrected chi connectivity index (χ1v) is 8.33. The highest BCUT2D eigenvalue weighted by Gasteiger charge is 2.31. The van der Waals surface area contributed by atoms with Crippen molar-refractivity contribution in [2.75, 3.05) is 6.61 Å². The number of allylic oxidation sites excluding steroid dienone is 1. The Balaban J connectivity index is 2.49. The molecule has 0 fully saturated rings. The number of halogens is 2. The molecule has 4 nitrogen and oxygen atoms in total. The van der Waals surface area contributed by atoms with Crippen LogP contribution >= 0.6 is 44.1 Å². The second-order valence-corrected chi connectivity index (χ2v) is 6.73. The van der Waals surface area contributed by atoms with Crippen LogP contribution in [0, 0.1) is 0 Å². The highest BCUT2D eigenvalue weighted by atomic mass is 79.9. The fourth-order valence-corrected chi connectivity index (χ4v) is 3.77. The van der Waals surface area contributed by atoms with E-state index in [1.165, 1.54) is 0 Å². The summed E-state index contributed by atoms with van der Waals surface area (Å²) in [5.74, 6) is -0.349. The van der Waals surface area contributed by atoms with Gasteiger partial charge in [0, 0.05) is 14.6 Å². The molecular weight excluding hydrogens is 420 g/mol. The molecule has 1 aromatic rings. The van der Waals surface area contributed by atoms with Gasteiger partial charge >= 0.3 is 5.97 Å². The first kappa shape index (κ1) is 16.5. The number of rotatable bonds is 3. The van der Waals surface area contributed by atoms with Crippen LogP contribution in [0.2, 0.25) is 0 Å². The van der Waals surface area contributed by atoms with Gasteiger partial charge in [0.15, 0.2) is 5.11 Å². The molecule has 1 atom stereocenters. The van der Waals surface area contributed by atoms with Gasteiger partial charge in [0.2, 0.25) is 0 Å². The van der Waals surface area contributed by atoms with Crippen LogP contribution < -0.4 is 10.6 Å². The van der Waals surface area contributed by atoms with Crippen LogP contribution in [0.3, 0.4) is 0 Å². The molecule has 0 saturated carbocycles. The Kier molecular flexibility index (Phi) is 5.40. The Labute approximate surface area is 145 Å². The second-order valence-electron chi connectivity index (χ2n) is 4.49. The van der Waals surface area contributed by atoms with E-state index in [0.29, 0.717) is 23.0 Å². The highest BCUT2D eigenvalue weighted by Crippen LogP contribution is 2.31. The van der Waals surface area contributed by atoms with Crippen LogP contribution in [0.4, 0.5) is 0 Å². The molecule has 0 saturated heterocycles. The van der Waals surface area contributed by atoms with Crippen LogP contribution in [-0.4, -0.2) is 17.7 Å². The van der Waals surface area contributed by atoms with Gasteiger partial charge in [-0.15, -0.1) is 0 Å². The number of benzene rings is 1. The number of esters is 1. The fourth-order valence-electron chi connectivity index (χ4n) is 2.17.